The van der Waals surface area contributed by atoms with Gasteiger partial charge in [0.05, 0.1) is 32.0 Å². The molecule has 3 aromatic carbocycles. The van der Waals surface area contributed by atoms with Gasteiger partial charge < -0.3 is 103 Å². The van der Waals surface area contributed by atoms with Crippen molar-refractivity contribution in [3.05, 3.63) is 86.5 Å². The van der Waals surface area contributed by atoms with Gasteiger partial charge in [-0.05, 0) is 79.3 Å². The third-order valence-electron chi connectivity index (χ3n) is 14.0. The first-order chi connectivity index (χ1) is 36.5. The number of aromatic hydroxyl groups is 3. The van der Waals surface area contributed by atoms with Crippen LogP contribution in [0.1, 0.15) is 69.3 Å². The van der Waals surface area contributed by atoms with E-state index in [0.29, 0.717) is 112 Å². The standard InChI is InChI=1S/C53H88N6O18/c1-30-13-33(19-54-22-39(63)47(71)49(73)41(65)27-60)44(68)36(16-30)24-57-7-4-8-58(25-37-17-31(2)14-34(45(37)69)20-55-23-40(64)48(72)50(74)42(66)28-61)10-6-12-59(11-5-9-57)26-38-18-32(3)15-35(46(38)70)21-56-53(77)52(76)51(75)43(67)29-62/h13-18,39-43,47-56,60-77H,4-12,19-29H2,1-3H3. The average molecular weight is 1100 g/mol. The lowest BCUT2D eigenvalue weighted by Gasteiger charge is -2.31. The summed E-state index contributed by atoms with van der Waals surface area (Å²) >= 11 is 0. The molecule has 24 heteroatoms. The molecule has 1 aliphatic rings. The number of nitrogens with one attached hydrogen (secondary N) is 3. The molecule has 3 aromatic rings. The van der Waals surface area contributed by atoms with E-state index in [2.05, 4.69) is 30.7 Å². The van der Waals surface area contributed by atoms with Crippen LogP contribution < -0.4 is 16.0 Å². The lowest BCUT2D eigenvalue weighted by molar-refractivity contribution is -0.122. The van der Waals surface area contributed by atoms with Gasteiger partial charge in [0.2, 0.25) is 0 Å². The van der Waals surface area contributed by atoms with Crippen LogP contribution in [0, 0.1) is 20.8 Å². The largest absolute Gasteiger partial charge is 0.507 e. The Hall–Kier alpha value is -3.78. The van der Waals surface area contributed by atoms with Crippen LogP contribution in [-0.4, -0.2) is 252 Å². The second kappa shape index (κ2) is 32.5. The predicted octanol–water partition coefficient (Wildman–Crippen LogP) is -4.75. The summed E-state index contributed by atoms with van der Waals surface area (Å²) in [6.07, 6.45) is -18.3. The molecule has 438 valence electrons. The fraction of sp³-hybridized carbons (Fsp3) is 0.660. The normalized spacial score (nSPS) is 19.7. The Kier molecular flexibility index (Phi) is 27.7. The molecule has 12 atom stereocenters. The number of hydrogen-bond acceptors (Lipinski definition) is 24. The number of phenolic OH excluding ortho intramolecular Hbond substituents is 3. The van der Waals surface area contributed by atoms with Crippen LogP contribution >= 0.6 is 0 Å². The second-order valence-corrected chi connectivity index (χ2v) is 20.6. The quantitative estimate of drug-likeness (QED) is 0.0290. The van der Waals surface area contributed by atoms with E-state index in [1.165, 1.54) is 0 Å². The van der Waals surface area contributed by atoms with E-state index in [4.69, 9.17) is 10.2 Å². The molecule has 21 N–H and O–H groups in total. The molecule has 12 unspecified atom stereocenters. The van der Waals surface area contributed by atoms with Crippen molar-refractivity contribution in [3.63, 3.8) is 0 Å². The Morgan fingerprint density at radius 2 is 0.636 bits per heavy atom. The van der Waals surface area contributed by atoms with Crippen molar-refractivity contribution in [2.45, 2.75) is 153 Å². The maximum atomic E-state index is 11.6. The van der Waals surface area contributed by atoms with Crippen molar-refractivity contribution < 1.29 is 91.9 Å². The third kappa shape index (κ3) is 20.1. The van der Waals surface area contributed by atoms with Crippen molar-refractivity contribution in [2.75, 3.05) is 72.2 Å². The van der Waals surface area contributed by atoms with Crippen LogP contribution in [0.2, 0.25) is 0 Å². The minimum Gasteiger partial charge on any atom is -0.507 e. The average Bonchev–Trinajstić information content (AvgIpc) is 3.40. The topological polar surface area (TPSA) is 410 Å². The third-order valence-corrected chi connectivity index (χ3v) is 14.0. The van der Waals surface area contributed by atoms with Crippen molar-refractivity contribution in [2.24, 2.45) is 0 Å². The lowest BCUT2D eigenvalue weighted by atomic mass is 10.0. The highest BCUT2D eigenvalue weighted by molar-refractivity contribution is 5.45. The zero-order valence-electron chi connectivity index (χ0n) is 44.4. The molecule has 0 aromatic heterocycles. The molecule has 77 heavy (non-hydrogen) atoms. The fourth-order valence-corrected chi connectivity index (χ4v) is 9.59. The van der Waals surface area contributed by atoms with Gasteiger partial charge in [0.1, 0.15) is 78.4 Å². The van der Waals surface area contributed by atoms with Gasteiger partial charge in [0, 0.05) is 85.7 Å². The number of benzene rings is 3. The Balaban J connectivity index is 1.57. The lowest BCUT2D eigenvalue weighted by Crippen LogP contribution is -2.51. The molecule has 1 aliphatic heterocycles. The Labute approximate surface area is 450 Å². The number of aryl methyl sites for hydroxylation is 3. The van der Waals surface area contributed by atoms with E-state index in [9.17, 15) is 81.7 Å². The van der Waals surface area contributed by atoms with Gasteiger partial charge in [-0.3, -0.25) is 20.0 Å². The minimum atomic E-state index is -1.85. The Morgan fingerprint density at radius 3 is 0.935 bits per heavy atom. The minimum absolute atomic E-state index is 0.0356. The SMILES string of the molecule is Cc1cc(CNCC(O)C(O)C(O)C(O)CO)c(O)c(CN2CCCN(Cc3cc(C)cc(CNCC(O)C(O)C(O)C(O)CO)c3O)CCCN(Cc3cc(C)cc(CNC(O)C(O)C(O)C(O)CO)c3O)CCC2)c1. The first-order valence-electron chi connectivity index (χ1n) is 26.2. The molecule has 0 spiro atoms. The summed E-state index contributed by atoms with van der Waals surface area (Å²) in [6, 6.07) is 11.0. The molecule has 24 nitrogen and oxygen atoms in total. The number of aliphatic hydroxyl groups excluding tert-OH is 15. The van der Waals surface area contributed by atoms with E-state index in [1.54, 1.807) is 18.2 Å². The first kappa shape index (κ1) is 65.7. The highest BCUT2D eigenvalue weighted by atomic mass is 16.4. The predicted molar refractivity (Wildman–Crippen MR) is 282 cm³/mol. The molecule has 4 rings (SSSR count). The van der Waals surface area contributed by atoms with Crippen molar-refractivity contribution in [3.8, 4) is 17.2 Å². The number of rotatable bonds is 29. The van der Waals surface area contributed by atoms with Crippen LogP contribution in [-0.2, 0) is 39.3 Å². The van der Waals surface area contributed by atoms with Crippen LogP contribution in [0.4, 0.5) is 0 Å². The second-order valence-electron chi connectivity index (χ2n) is 20.6. The summed E-state index contributed by atoms with van der Waals surface area (Å²) in [4.78, 5) is 6.70. The molecule has 0 aliphatic carbocycles. The van der Waals surface area contributed by atoms with Gasteiger partial charge in [0.25, 0.3) is 0 Å². The van der Waals surface area contributed by atoms with Crippen LogP contribution in [0.15, 0.2) is 36.4 Å². The van der Waals surface area contributed by atoms with Crippen LogP contribution in [0.25, 0.3) is 0 Å². The van der Waals surface area contributed by atoms with E-state index in [0.717, 1.165) is 16.7 Å². The molecular formula is C53H88N6O18. The smallest absolute Gasteiger partial charge is 0.134 e. The fourth-order valence-electron chi connectivity index (χ4n) is 9.59. The summed E-state index contributed by atoms with van der Waals surface area (Å²) in [6.45, 7) is 7.54. The molecule has 0 amide bonds. The maximum absolute atomic E-state index is 11.6. The molecule has 0 saturated carbocycles. The van der Waals surface area contributed by atoms with Gasteiger partial charge in [0.15, 0.2) is 0 Å². The Morgan fingerprint density at radius 1 is 0.377 bits per heavy atom. The molecule has 0 radical (unpaired) electrons. The zero-order chi connectivity index (χ0) is 57.1. The zero-order valence-corrected chi connectivity index (χ0v) is 44.4. The molecule has 1 fully saturated rings. The first-order valence-corrected chi connectivity index (χ1v) is 26.2. The van der Waals surface area contributed by atoms with Crippen molar-refractivity contribution in [1.82, 2.24) is 30.7 Å². The molecular weight excluding hydrogens is 1010 g/mol. The van der Waals surface area contributed by atoms with Gasteiger partial charge in [-0.2, -0.15) is 0 Å². The van der Waals surface area contributed by atoms with Crippen molar-refractivity contribution in [1.29, 1.82) is 0 Å². The van der Waals surface area contributed by atoms with Crippen LogP contribution in [0.3, 0.4) is 0 Å². The van der Waals surface area contributed by atoms with E-state index < -0.39 is 93.2 Å². The molecule has 1 saturated heterocycles. The monoisotopic (exact) mass is 1100 g/mol. The van der Waals surface area contributed by atoms with Gasteiger partial charge >= 0.3 is 0 Å². The van der Waals surface area contributed by atoms with E-state index in [1.807, 2.05) is 39.0 Å². The summed E-state index contributed by atoms with van der Waals surface area (Å²) < 4.78 is 0. The number of aliphatic hydroxyl groups is 15. The number of hydrogen-bond donors (Lipinski definition) is 21. The highest BCUT2D eigenvalue weighted by Gasteiger charge is 2.32. The molecule has 1 heterocycles. The van der Waals surface area contributed by atoms with E-state index >= 15 is 0 Å². The Bertz CT molecular complexity index is 2110. The number of phenols is 3. The maximum Gasteiger partial charge on any atom is 0.134 e. The summed E-state index contributed by atoms with van der Waals surface area (Å²) in [5.74, 6) is 0.0323. The van der Waals surface area contributed by atoms with Gasteiger partial charge in [-0.25, -0.2) is 0 Å². The van der Waals surface area contributed by atoms with Gasteiger partial charge in [-0.15, -0.1) is 0 Å². The van der Waals surface area contributed by atoms with Crippen LogP contribution in [0.5, 0.6) is 17.2 Å². The van der Waals surface area contributed by atoms with E-state index in [-0.39, 0.29) is 50.0 Å². The summed E-state index contributed by atoms with van der Waals surface area (Å²) in [7, 11) is 0. The number of nitrogens with zero attached hydrogens (tertiary/aromatic N) is 3. The van der Waals surface area contributed by atoms with Crippen molar-refractivity contribution >= 4 is 0 Å². The van der Waals surface area contributed by atoms with Gasteiger partial charge in [-0.1, -0.05) is 53.1 Å². The summed E-state index contributed by atoms with van der Waals surface area (Å²) in [5, 5.41) is 193. The highest BCUT2D eigenvalue weighted by Crippen LogP contribution is 2.30. The summed E-state index contributed by atoms with van der Waals surface area (Å²) in [5.41, 5.74) is 5.90. The molecule has 0 bridgehead atoms.